The molecule has 7 heteroatoms. The van der Waals surface area contributed by atoms with Crippen molar-refractivity contribution in [1.82, 2.24) is 19.5 Å². The zero-order chi connectivity index (χ0) is 20.4. The molecule has 0 atom stereocenters. The van der Waals surface area contributed by atoms with E-state index in [-0.39, 0.29) is 11.5 Å². The standard InChI is InChI=1S/C22H22N4O3/c1-3-25-20-13-16(8-9-18(20)26-19(22(25)28)10-11-24-26)21(27)23-14-15-6-5-7-17(12-15)29-4-2/h5-13H,3-4,14H2,1-2H3,(H,23,27). The Morgan fingerprint density at radius 3 is 2.72 bits per heavy atom. The fraction of sp³-hybridized carbons (Fsp3) is 0.227. The highest BCUT2D eigenvalue weighted by Gasteiger charge is 2.13. The van der Waals surface area contributed by atoms with Gasteiger partial charge in [0.2, 0.25) is 0 Å². The summed E-state index contributed by atoms with van der Waals surface area (Å²) in [5.74, 6) is 0.574. The summed E-state index contributed by atoms with van der Waals surface area (Å²) in [5.41, 5.74) is 3.31. The molecular formula is C22H22N4O3. The second-order valence-corrected chi connectivity index (χ2v) is 6.64. The number of hydrogen-bond acceptors (Lipinski definition) is 4. The molecule has 29 heavy (non-hydrogen) atoms. The maximum Gasteiger partial charge on any atom is 0.277 e. The monoisotopic (exact) mass is 390 g/mol. The van der Waals surface area contributed by atoms with Crippen LogP contribution in [-0.4, -0.2) is 26.7 Å². The maximum atomic E-state index is 12.7. The molecule has 0 spiro atoms. The molecule has 2 aromatic carbocycles. The molecule has 1 N–H and O–H groups in total. The van der Waals surface area contributed by atoms with Gasteiger partial charge in [-0.15, -0.1) is 0 Å². The fourth-order valence-corrected chi connectivity index (χ4v) is 3.48. The van der Waals surface area contributed by atoms with Crippen LogP contribution in [0.15, 0.2) is 59.5 Å². The van der Waals surface area contributed by atoms with Crippen molar-refractivity contribution in [3.63, 3.8) is 0 Å². The van der Waals surface area contributed by atoms with E-state index in [2.05, 4.69) is 10.4 Å². The lowest BCUT2D eigenvalue weighted by atomic mass is 10.1. The molecule has 148 valence electrons. The van der Waals surface area contributed by atoms with E-state index >= 15 is 0 Å². The van der Waals surface area contributed by atoms with E-state index in [1.165, 1.54) is 0 Å². The molecule has 7 nitrogen and oxygen atoms in total. The number of rotatable bonds is 6. The first-order valence-electron chi connectivity index (χ1n) is 9.62. The number of hydrogen-bond donors (Lipinski definition) is 1. The molecule has 1 amide bonds. The molecule has 0 fully saturated rings. The van der Waals surface area contributed by atoms with Crippen molar-refractivity contribution in [2.24, 2.45) is 0 Å². The van der Waals surface area contributed by atoms with Crippen LogP contribution in [0, 0.1) is 0 Å². The van der Waals surface area contributed by atoms with Gasteiger partial charge in [-0.3, -0.25) is 9.59 Å². The van der Waals surface area contributed by atoms with E-state index < -0.39 is 0 Å². The summed E-state index contributed by atoms with van der Waals surface area (Å²) < 4.78 is 8.78. The first-order valence-corrected chi connectivity index (χ1v) is 9.62. The van der Waals surface area contributed by atoms with Crippen LogP contribution in [0.5, 0.6) is 5.75 Å². The van der Waals surface area contributed by atoms with Gasteiger partial charge < -0.3 is 14.6 Å². The average molecular weight is 390 g/mol. The molecule has 0 aliphatic rings. The van der Waals surface area contributed by atoms with Crippen molar-refractivity contribution in [1.29, 1.82) is 0 Å². The van der Waals surface area contributed by atoms with Gasteiger partial charge in [0.25, 0.3) is 11.5 Å². The summed E-state index contributed by atoms with van der Waals surface area (Å²) in [4.78, 5) is 25.4. The van der Waals surface area contributed by atoms with Crippen LogP contribution in [0.4, 0.5) is 0 Å². The first-order chi connectivity index (χ1) is 14.1. The Bertz CT molecular complexity index is 1260. The van der Waals surface area contributed by atoms with E-state index in [9.17, 15) is 9.59 Å². The Kier molecular flexibility index (Phi) is 5.03. The summed E-state index contributed by atoms with van der Waals surface area (Å²) in [6.45, 7) is 5.32. The van der Waals surface area contributed by atoms with Crippen LogP contribution in [0.2, 0.25) is 0 Å². The topological polar surface area (TPSA) is 77.6 Å². The van der Waals surface area contributed by atoms with Crippen LogP contribution in [0.1, 0.15) is 29.8 Å². The molecule has 4 aromatic rings. The van der Waals surface area contributed by atoms with Crippen molar-refractivity contribution in [2.75, 3.05) is 6.61 Å². The highest BCUT2D eigenvalue weighted by Crippen LogP contribution is 2.17. The lowest BCUT2D eigenvalue weighted by molar-refractivity contribution is 0.0951. The molecule has 2 aromatic heterocycles. The van der Waals surface area contributed by atoms with Gasteiger partial charge in [-0.05, 0) is 55.8 Å². The van der Waals surface area contributed by atoms with E-state index in [1.54, 1.807) is 33.5 Å². The zero-order valence-corrected chi connectivity index (χ0v) is 16.4. The third kappa shape index (κ3) is 3.47. The lowest BCUT2D eigenvalue weighted by Gasteiger charge is -2.12. The van der Waals surface area contributed by atoms with Gasteiger partial charge in [0.05, 0.1) is 23.8 Å². The summed E-state index contributed by atoms with van der Waals surface area (Å²) in [7, 11) is 0. The third-order valence-electron chi connectivity index (χ3n) is 4.84. The molecule has 0 saturated heterocycles. The molecule has 0 aliphatic carbocycles. The van der Waals surface area contributed by atoms with E-state index in [4.69, 9.17) is 4.74 Å². The number of benzene rings is 2. The number of ether oxygens (including phenoxy) is 1. The van der Waals surface area contributed by atoms with Crippen LogP contribution < -0.4 is 15.6 Å². The number of carbonyl (C=O) groups excluding carboxylic acids is 1. The fourth-order valence-electron chi connectivity index (χ4n) is 3.48. The molecule has 0 bridgehead atoms. The number of amides is 1. The number of fused-ring (bicyclic) bond motifs is 3. The van der Waals surface area contributed by atoms with Crippen molar-refractivity contribution >= 4 is 22.5 Å². The largest absolute Gasteiger partial charge is 0.494 e. The Balaban J connectivity index is 1.64. The molecule has 0 radical (unpaired) electrons. The number of aryl methyl sites for hydroxylation is 1. The summed E-state index contributed by atoms with van der Waals surface area (Å²) in [6, 6.07) is 14.7. The summed E-state index contributed by atoms with van der Waals surface area (Å²) >= 11 is 0. The van der Waals surface area contributed by atoms with Gasteiger partial charge in [-0.2, -0.15) is 5.10 Å². The Morgan fingerprint density at radius 1 is 1.07 bits per heavy atom. The van der Waals surface area contributed by atoms with E-state index in [0.717, 1.165) is 16.8 Å². The zero-order valence-electron chi connectivity index (χ0n) is 16.4. The number of aromatic nitrogens is 3. The molecule has 2 heterocycles. The Labute approximate surface area is 167 Å². The minimum Gasteiger partial charge on any atom is -0.494 e. The van der Waals surface area contributed by atoms with Gasteiger partial charge in [0.15, 0.2) is 0 Å². The highest BCUT2D eigenvalue weighted by atomic mass is 16.5. The predicted molar refractivity (Wildman–Crippen MR) is 111 cm³/mol. The van der Waals surface area contributed by atoms with Crippen molar-refractivity contribution in [2.45, 2.75) is 26.9 Å². The minimum absolute atomic E-state index is 0.122. The summed E-state index contributed by atoms with van der Waals surface area (Å²) in [6.07, 6.45) is 1.60. The second-order valence-electron chi connectivity index (χ2n) is 6.64. The van der Waals surface area contributed by atoms with Crippen molar-refractivity contribution < 1.29 is 9.53 Å². The number of nitrogens with one attached hydrogen (secondary N) is 1. The Hall–Kier alpha value is -3.61. The van der Waals surface area contributed by atoms with Gasteiger partial charge >= 0.3 is 0 Å². The van der Waals surface area contributed by atoms with E-state index in [1.807, 2.05) is 44.2 Å². The summed E-state index contributed by atoms with van der Waals surface area (Å²) in [5, 5.41) is 7.18. The molecule has 4 rings (SSSR count). The Morgan fingerprint density at radius 2 is 1.93 bits per heavy atom. The van der Waals surface area contributed by atoms with Gasteiger partial charge in [-0.1, -0.05) is 12.1 Å². The first kappa shape index (κ1) is 18.7. The predicted octanol–water partition coefficient (Wildman–Crippen LogP) is 3.00. The average Bonchev–Trinajstić information content (AvgIpc) is 3.23. The normalized spacial score (nSPS) is 11.1. The van der Waals surface area contributed by atoms with Crippen molar-refractivity contribution in [3.8, 4) is 5.75 Å². The van der Waals surface area contributed by atoms with Gasteiger partial charge in [-0.25, -0.2) is 4.52 Å². The van der Waals surface area contributed by atoms with E-state index in [0.29, 0.717) is 36.3 Å². The third-order valence-corrected chi connectivity index (χ3v) is 4.84. The minimum atomic E-state index is -0.204. The molecular weight excluding hydrogens is 368 g/mol. The van der Waals surface area contributed by atoms with Gasteiger partial charge in [0, 0.05) is 18.7 Å². The molecule has 0 unspecified atom stereocenters. The van der Waals surface area contributed by atoms with Gasteiger partial charge in [0.1, 0.15) is 11.3 Å². The van der Waals surface area contributed by atoms with Crippen LogP contribution in [-0.2, 0) is 13.1 Å². The van der Waals surface area contributed by atoms with Crippen LogP contribution in [0.25, 0.3) is 16.6 Å². The highest BCUT2D eigenvalue weighted by molar-refractivity contribution is 5.97. The number of nitrogens with zero attached hydrogens (tertiary/aromatic N) is 3. The van der Waals surface area contributed by atoms with Crippen molar-refractivity contribution in [3.05, 3.63) is 76.2 Å². The smallest absolute Gasteiger partial charge is 0.277 e. The quantitative estimate of drug-likeness (QED) is 0.549. The van der Waals surface area contributed by atoms with Crippen LogP contribution >= 0.6 is 0 Å². The second kappa shape index (κ2) is 7.79. The molecule has 0 aliphatic heterocycles. The SMILES string of the molecule is CCOc1cccc(CNC(=O)c2ccc3c(c2)n(CC)c(=O)c2ccnn23)c1. The van der Waals surface area contributed by atoms with Crippen LogP contribution in [0.3, 0.4) is 0 Å². The maximum absolute atomic E-state index is 12.7. The number of carbonyl (C=O) groups is 1. The molecule has 0 saturated carbocycles. The lowest BCUT2D eigenvalue weighted by Crippen LogP contribution is -2.25.